The Hall–Kier alpha value is -2.63. The summed E-state index contributed by atoms with van der Waals surface area (Å²) in [7, 11) is 1.63. The van der Waals surface area contributed by atoms with Gasteiger partial charge >= 0.3 is 0 Å². The van der Waals surface area contributed by atoms with E-state index >= 15 is 0 Å². The van der Waals surface area contributed by atoms with Crippen molar-refractivity contribution in [3.8, 4) is 5.75 Å². The van der Waals surface area contributed by atoms with Crippen LogP contribution < -0.4 is 10.1 Å². The number of nitro groups is 1. The first-order valence-electron chi connectivity index (χ1n) is 7.02. The molecule has 2 rings (SSSR count). The standard InChI is InChI=1S/C16H19N3O3/c1-11(2)16(12-4-7-14(22-3)8-5-12)18-15-9-6-13(10-17-15)19(20)21/h4-11,16H,1-3H3,(H,17,18). The van der Waals surface area contributed by atoms with Crippen LogP contribution in [-0.4, -0.2) is 17.0 Å². The van der Waals surface area contributed by atoms with Crippen molar-refractivity contribution in [3.63, 3.8) is 0 Å². The number of methoxy groups -OCH3 is 1. The third-order valence-electron chi connectivity index (χ3n) is 3.40. The molecule has 0 bridgehead atoms. The van der Waals surface area contributed by atoms with Gasteiger partial charge in [0.2, 0.25) is 0 Å². The number of rotatable bonds is 6. The summed E-state index contributed by atoms with van der Waals surface area (Å²) in [4.78, 5) is 14.3. The molecule has 0 spiro atoms. The number of aromatic nitrogens is 1. The normalized spacial score (nSPS) is 12.0. The molecule has 0 amide bonds. The van der Waals surface area contributed by atoms with Crippen molar-refractivity contribution in [3.05, 3.63) is 58.3 Å². The number of hydrogen-bond donors (Lipinski definition) is 1. The summed E-state index contributed by atoms with van der Waals surface area (Å²) >= 11 is 0. The number of ether oxygens (including phenoxy) is 1. The first-order valence-corrected chi connectivity index (χ1v) is 7.02. The van der Waals surface area contributed by atoms with Gasteiger partial charge in [0, 0.05) is 6.07 Å². The number of nitrogens with zero attached hydrogens (tertiary/aromatic N) is 2. The largest absolute Gasteiger partial charge is 0.497 e. The first kappa shape index (κ1) is 15.8. The first-order chi connectivity index (χ1) is 10.5. The van der Waals surface area contributed by atoms with Gasteiger partial charge in [-0.15, -0.1) is 0 Å². The quantitative estimate of drug-likeness (QED) is 0.648. The Labute approximate surface area is 129 Å². The number of hydrogen-bond acceptors (Lipinski definition) is 5. The van der Waals surface area contributed by atoms with Crippen LogP contribution in [0.3, 0.4) is 0 Å². The zero-order valence-electron chi connectivity index (χ0n) is 12.8. The molecule has 0 aliphatic rings. The summed E-state index contributed by atoms with van der Waals surface area (Å²) in [5.74, 6) is 1.74. The topological polar surface area (TPSA) is 77.3 Å². The molecule has 0 fully saturated rings. The van der Waals surface area contributed by atoms with E-state index in [2.05, 4.69) is 24.1 Å². The van der Waals surface area contributed by atoms with Crippen molar-refractivity contribution in [1.82, 2.24) is 4.98 Å². The van der Waals surface area contributed by atoms with Crippen LogP contribution in [0.15, 0.2) is 42.6 Å². The molecule has 1 N–H and O–H groups in total. The molecule has 1 aromatic heterocycles. The Morgan fingerprint density at radius 3 is 2.32 bits per heavy atom. The van der Waals surface area contributed by atoms with E-state index < -0.39 is 4.92 Å². The fourth-order valence-electron chi connectivity index (χ4n) is 2.18. The molecular formula is C16H19N3O3. The smallest absolute Gasteiger partial charge is 0.287 e. The molecule has 0 saturated heterocycles. The maximum Gasteiger partial charge on any atom is 0.287 e. The number of anilines is 1. The van der Waals surface area contributed by atoms with Crippen LogP contribution in [-0.2, 0) is 0 Å². The highest BCUT2D eigenvalue weighted by Gasteiger charge is 2.17. The van der Waals surface area contributed by atoms with Crippen LogP contribution in [0.2, 0.25) is 0 Å². The fraction of sp³-hybridized carbons (Fsp3) is 0.312. The summed E-state index contributed by atoms with van der Waals surface area (Å²) in [6.45, 7) is 4.21. The highest BCUT2D eigenvalue weighted by molar-refractivity contribution is 5.43. The highest BCUT2D eigenvalue weighted by Crippen LogP contribution is 2.27. The van der Waals surface area contributed by atoms with Crippen molar-refractivity contribution in [1.29, 1.82) is 0 Å². The third kappa shape index (κ3) is 3.72. The van der Waals surface area contributed by atoms with Crippen molar-refractivity contribution >= 4 is 11.5 Å². The molecule has 1 unspecified atom stereocenters. The second-order valence-corrected chi connectivity index (χ2v) is 5.30. The van der Waals surface area contributed by atoms with E-state index in [4.69, 9.17) is 4.74 Å². The lowest BCUT2D eigenvalue weighted by molar-refractivity contribution is -0.385. The average Bonchev–Trinajstić information content (AvgIpc) is 2.53. The summed E-state index contributed by atoms with van der Waals surface area (Å²) in [5.41, 5.74) is 1.09. The summed E-state index contributed by atoms with van der Waals surface area (Å²) in [6, 6.07) is 11.0. The molecule has 1 aromatic carbocycles. The van der Waals surface area contributed by atoms with Gasteiger partial charge in [-0.1, -0.05) is 26.0 Å². The lowest BCUT2D eigenvalue weighted by atomic mass is 9.96. The minimum Gasteiger partial charge on any atom is -0.497 e. The fourth-order valence-corrected chi connectivity index (χ4v) is 2.18. The molecule has 0 aliphatic carbocycles. The third-order valence-corrected chi connectivity index (χ3v) is 3.40. The number of benzene rings is 1. The Morgan fingerprint density at radius 1 is 1.18 bits per heavy atom. The van der Waals surface area contributed by atoms with Gasteiger partial charge in [0.25, 0.3) is 5.69 Å². The van der Waals surface area contributed by atoms with Crippen LogP contribution in [0.4, 0.5) is 11.5 Å². The molecule has 0 saturated carbocycles. The predicted octanol–water partition coefficient (Wildman–Crippen LogP) is 3.81. The van der Waals surface area contributed by atoms with Gasteiger partial charge in [-0.25, -0.2) is 4.98 Å². The van der Waals surface area contributed by atoms with E-state index in [0.29, 0.717) is 11.7 Å². The van der Waals surface area contributed by atoms with Crippen molar-refractivity contribution < 1.29 is 9.66 Å². The minimum absolute atomic E-state index is 0.0175. The second kappa shape index (κ2) is 6.89. The summed E-state index contributed by atoms with van der Waals surface area (Å²) in [6.07, 6.45) is 1.26. The number of pyridine rings is 1. The molecule has 1 atom stereocenters. The Morgan fingerprint density at radius 2 is 1.86 bits per heavy atom. The molecule has 0 radical (unpaired) electrons. The van der Waals surface area contributed by atoms with Crippen molar-refractivity contribution in [2.24, 2.45) is 5.92 Å². The highest BCUT2D eigenvalue weighted by atomic mass is 16.6. The predicted molar refractivity (Wildman–Crippen MR) is 85.1 cm³/mol. The Bertz CT molecular complexity index is 624. The van der Waals surface area contributed by atoms with Gasteiger partial charge in [0.1, 0.15) is 17.8 Å². The van der Waals surface area contributed by atoms with Crippen LogP contribution in [0.1, 0.15) is 25.5 Å². The summed E-state index contributed by atoms with van der Waals surface area (Å²) in [5, 5.41) is 14.0. The van der Waals surface area contributed by atoms with Gasteiger partial charge in [-0.2, -0.15) is 0 Å². The molecule has 2 aromatic rings. The SMILES string of the molecule is COc1ccc(C(Nc2ccc([N+](=O)[O-])cn2)C(C)C)cc1. The van der Waals surface area contributed by atoms with Crippen molar-refractivity contribution in [2.75, 3.05) is 12.4 Å². The molecular weight excluding hydrogens is 282 g/mol. The van der Waals surface area contributed by atoms with Crippen LogP contribution in [0, 0.1) is 16.0 Å². The lowest BCUT2D eigenvalue weighted by Crippen LogP contribution is -2.17. The monoisotopic (exact) mass is 301 g/mol. The second-order valence-electron chi connectivity index (χ2n) is 5.30. The van der Waals surface area contributed by atoms with E-state index in [1.165, 1.54) is 12.3 Å². The zero-order chi connectivity index (χ0) is 16.1. The molecule has 22 heavy (non-hydrogen) atoms. The van der Waals surface area contributed by atoms with E-state index in [1.807, 2.05) is 24.3 Å². The lowest BCUT2D eigenvalue weighted by Gasteiger charge is -2.23. The van der Waals surface area contributed by atoms with Crippen LogP contribution >= 0.6 is 0 Å². The van der Waals surface area contributed by atoms with E-state index in [-0.39, 0.29) is 11.7 Å². The van der Waals surface area contributed by atoms with Crippen LogP contribution in [0.25, 0.3) is 0 Å². The zero-order valence-corrected chi connectivity index (χ0v) is 12.8. The molecule has 1 heterocycles. The van der Waals surface area contributed by atoms with E-state index in [0.717, 1.165) is 11.3 Å². The average molecular weight is 301 g/mol. The van der Waals surface area contributed by atoms with Crippen LogP contribution in [0.5, 0.6) is 5.75 Å². The molecule has 0 aliphatic heterocycles. The van der Waals surface area contributed by atoms with Gasteiger partial charge in [0.15, 0.2) is 0 Å². The van der Waals surface area contributed by atoms with E-state index in [1.54, 1.807) is 13.2 Å². The van der Waals surface area contributed by atoms with E-state index in [9.17, 15) is 10.1 Å². The Kier molecular flexibility index (Phi) is 4.93. The maximum absolute atomic E-state index is 10.7. The molecule has 116 valence electrons. The molecule has 6 heteroatoms. The van der Waals surface area contributed by atoms with Gasteiger partial charge in [0.05, 0.1) is 18.1 Å². The Balaban J connectivity index is 2.19. The van der Waals surface area contributed by atoms with Gasteiger partial charge in [-0.05, 0) is 29.7 Å². The van der Waals surface area contributed by atoms with Crippen molar-refractivity contribution in [2.45, 2.75) is 19.9 Å². The molecule has 6 nitrogen and oxygen atoms in total. The summed E-state index contributed by atoms with van der Waals surface area (Å²) < 4.78 is 5.17. The maximum atomic E-state index is 10.7. The van der Waals surface area contributed by atoms with Gasteiger partial charge in [-0.3, -0.25) is 10.1 Å². The number of nitrogens with one attached hydrogen (secondary N) is 1. The van der Waals surface area contributed by atoms with Gasteiger partial charge < -0.3 is 10.1 Å². The minimum atomic E-state index is -0.458.